The molecule has 0 saturated carbocycles. The third kappa shape index (κ3) is 3.82. The largest absolute Gasteiger partial charge is 0.322 e. The number of pyridine rings is 1. The number of rotatable bonds is 3. The Labute approximate surface area is 114 Å². The fraction of sp³-hybridized carbons (Fsp3) is 0. The molecule has 0 spiro atoms. The summed E-state index contributed by atoms with van der Waals surface area (Å²) in [5.41, 5.74) is 1.71. The molecule has 1 aromatic heterocycles. The molecule has 1 heterocycles. The van der Waals surface area contributed by atoms with Crippen molar-refractivity contribution in [3.05, 3.63) is 64.9 Å². The predicted molar refractivity (Wildman–Crippen MR) is 76.0 cm³/mol. The molecule has 90 valence electrons. The van der Waals surface area contributed by atoms with Crippen molar-refractivity contribution < 1.29 is 4.79 Å². The molecule has 0 fully saturated rings. The van der Waals surface area contributed by atoms with Gasteiger partial charge in [-0.3, -0.25) is 9.78 Å². The topological polar surface area (TPSA) is 42.0 Å². The number of carbonyl (C=O) groups is 1. The van der Waals surface area contributed by atoms with Crippen LogP contribution in [-0.2, 0) is 4.79 Å². The fourth-order valence-electron chi connectivity index (χ4n) is 1.36. The highest BCUT2D eigenvalue weighted by molar-refractivity contribution is 9.10. The van der Waals surface area contributed by atoms with Crippen molar-refractivity contribution in [2.45, 2.75) is 0 Å². The highest BCUT2D eigenvalue weighted by Gasteiger charge is 1.96. The fourth-order valence-corrected chi connectivity index (χ4v) is 1.63. The molecule has 1 amide bonds. The van der Waals surface area contributed by atoms with E-state index in [1.165, 1.54) is 6.08 Å². The van der Waals surface area contributed by atoms with Crippen LogP contribution < -0.4 is 5.32 Å². The number of aromatic nitrogens is 1. The molecule has 2 rings (SSSR count). The summed E-state index contributed by atoms with van der Waals surface area (Å²) >= 11 is 3.36. The molecule has 4 heteroatoms. The Balaban J connectivity index is 1.97. The molecular formula is C14H11BrN2O. The molecule has 0 atom stereocenters. The van der Waals surface area contributed by atoms with Crippen LogP contribution in [0.5, 0.6) is 0 Å². The van der Waals surface area contributed by atoms with Crippen molar-refractivity contribution in [1.29, 1.82) is 0 Å². The number of nitrogens with zero attached hydrogens (tertiary/aromatic N) is 1. The lowest BCUT2D eigenvalue weighted by atomic mass is 10.2. The molecule has 1 aromatic carbocycles. The van der Waals surface area contributed by atoms with Gasteiger partial charge in [0.2, 0.25) is 5.91 Å². The summed E-state index contributed by atoms with van der Waals surface area (Å²) in [6, 6.07) is 11.2. The van der Waals surface area contributed by atoms with Crippen molar-refractivity contribution in [2.24, 2.45) is 0 Å². The summed E-state index contributed by atoms with van der Waals surface area (Å²) in [6.07, 6.45) is 6.54. The Kier molecular flexibility index (Phi) is 4.25. The van der Waals surface area contributed by atoms with Crippen LogP contribution in [0.15, 0.2) is 59.3 Å². The lowest BCUT2D eigenvalue weighted by Crippen LogP contribution is -2.07. The van der Waals surface area contributed by atoms with Crippen molar-refractivity contribution in [3.8, 4) is 0 Å². The molecule has 0 bridgehead atoms. The predicted octanol–water partition coefficient (Wildman–Crippen LogP) is 3.50. The van der Waals surface area contributed by atoms with E-state index in [0.29, 0.717) is 0 Å². The lowest BCUT2D eigenvalue weighted by molar-refractivity contribution is -0.111. The second-order valence-electron chi connectivity index (χ2n) is 3.61. The van der Waals surface area contributed by atoms with Crippen LogP contribution in [0.2, 0.25) is 0 Å². The smallest absolute Gasteiger partial charge is 0.248 e. The van der Waals surface area contributed by atoms with Crippen molar-refractivity contribution in [3.63, 3.8) is 0 Å². The lowest BCUT2D eigenvalue weighted by Gasteiger charge is -2.00. The second kappa shape index (κ2) is 6.12. The van der Waals surface area contributed by atoms with E-state index >= 15 is 0 Å². The van der Waals surface area contributed by atoms with E-state index in [9.17, 15) is 4.79 Å². The maximum atomic E-state index is 11.6. The van der Waals surface area contributed by atoms with Crippen LogP contribution >= 0.6 is 15.9 Å². The van der Waals surface area contributed by atoms with Gasteiger partial charge in [-0.05, 0) is 35.9 Å². The van der Waals surface area contributed by atoms with Crippen LogP contribution in [-0.4, -0.2) is 10.9 Å². The highest BCUT2D eigenvalue weighted by atomic mass is 79.9. The number of carbonyl (C=O) groups excluding carboxylic acids is 1. The van der Waals surface area contributed by atoms with Crippen LogP contribution in [0.1, 0.15) is 5.56 Å². The zero-order chi connectivity index (χ0) is 12.8. The van der Waals surface area contributed by atoms with Gasteiger partial charge >= 0.3 is 0 Å². The van der Waals surface area contributed by atoms with Crippen molar-refractivity contribution in [2.75, 3.05) is 5.32 Å². The number of nitrogens with one attached hydrogen (secondary N) is 1. The summed E-state index contributed by atoms with van der Waals surface area (Å²) in [5.74, 6) is -0.163. The molecule has 2 aromatic rings. The summed E-state index contributed by atoms with van der Waals surface area (Å²) in [7, 11) is 0. The maximum Gasteiger partial charge on any atom is 0.248 e. The number of halogens is 1. The van der Waals surface area contributed by atoms with E-state index in [0.717, 1.165) is 15.7 Å². The van der Waals surface area contributed by atoms with Gasteiger partial charge in [-0.25, -0.2) is 0 Å². The maximum absolute atomic E-state index is 11.6. The van der Waals surface area contributed by atoms with Gasteiger partial charge in [-0.1, -0.05) is 28.1 Å². The van der Waals surface area contributed by atoms with Gasteiger partial charge in [0.1, 0.15) is 0 Å². The van der Waals surface area contributed by atoms with Gasteiger partial charge < -0.3 is 5.32 Å². The summed E-state index contributed by atoms with van der Waals surface area (Å²) in [5, 5.41) is 2.75. The minimum atomic E-state index is -0.163. The highest BCUT2D eigenvalue weighted by Crippen LogP contribution is 2.11. The number of benzene rings is 1. The molecule has 0 aliphatic rings. The Morgan fingerprint density at radius 1 is 1.11 bits per heavy atom. The first-order chi connectivity index (χ1) is 8.74. The number of hydrogen-bond donors (Lipinski definition) is 1. The van der Waals surface area contributed by atoms with Gasteiger partial charge in [0, 0.05) is 28.6 Å². The van der Waals surface area contributed by atoms with Gasteiger partial charge in [0.25, 0.3) is 0 Å². The zero-order valence-electron chi connectivity index (χ0n) is 9.51. The average molecular weight is 303 g/mol. The van der Waals surface area contributed by atoms with E-state index in [-0.39, 0.29) is 5.91 Å². The van der Waals surface area contributed by atoms with Crippen molar-refractivity contribution in [1.82, 2.24) is 4.98 Å². The minimum absolute atomic E-state index is 0.163. The van der Waals surface area contributed by atoms with E-state index in [2.05, 4.69) is 26.2 Å². The Bertz CT molecular complexity index is 550. The number of anilines is 1. The SMILES string of the molecule is O=C(C=Cc1ccc(Br)cc1)Nc1ccncc1. The first-order valence-electron chi connectivity index (χ1n) is 5.39. The normalized spacial score (nSPS) is 10.5. The number of hydrogen-bond acceptors (Lipinski definition) is 2. The molecule has 0 aliphatic heterocycles. The molecule has 0 radical (unpaired) electrons. The molecule has 0 unspecified atom stereocenters. The van der Waals surface area contributed by atoms with Crippen LogP contribution in [0.4, 0.5) is 5.69 Å². The molecule has 18 heavy (non-hydrogen) atoms. The van der Waals surface area contributed by atoms with E-state index < -0.39 is 0 Å². The van der Waals surface area contributed by atoms with Gasteiger partial charge in [-0.15, -0.1) is 0 Å². The quantitative estimate of drug-likeness (QED) is 0.882. The zero-order valence-corrected chi connectivity index (χ0v) is 11.1. The van der Waals surface area contributed by atoms with Gasteiger partial charge in [-0.2, -0.15) is 0 Å². The average Bonchev–Trinajstić information content (AvgIpc) is 2.39. The molecule has 0 saturated heterocycles. The Morgan fingerprint density at radius 3 is 2.44 bits per heavy atom. The summed E-state index contributed by atoms with van der Waals surface area (Å²) in [6.45, 7) is 0. The monoisotopic (exact) mass is 302 g/mol. The summed E-state index contributed by atoms with van der Waals surface area (Å²) < 4.78 is 1.01. The van der Waals surface area contributed by atoms with Gasteiger partial charge in [0.05, 0.1) is 0 Å². The van der Waals surface area contributed by atoms with Crippen LogP contribution in [0.25, 0.3) is 6.08 Å². The third-order valence-corrected chi connectivity index (χ3v) is 2.77. The van der Waals surface area contributed by atoms with E-state index in [1.807, 2.05) is 24.3 Å². The molecule has 1 N–H and O–H groups in total. The molecule has 0 aliphatic carbocycles. The first kappa shape index (κ1) is 12.5. The Hall–Kier alpha value is -1.94. The second-order valence-corrected chi connectivity index (χ2v) is 4.53. The minimum Gasteiger partial charge on any atom is -0.322 e. The molecular weight excluding hydrogens is 292 g/mol. The third-order valence-electron chi connectivity index (χ3n) is 2.25. The summed E-state index contributed by atoms with van der Waals surface area (Å²) in [4.78, 5) is 15.5. The van der Waals surface area contributed by atoms with Crippen LogP contribution in [0, 0.1) is 0 Å². The standard InChI is InChI=1S/C14H11BrN2O/c15-12-4-1-11(2-5-12)3-6-14(18)17-13-7-9-16-10-8-13/h1-10H,(H,16,17,18). The Morgan fingerprint density at radius 2 is 1.78 bits per heavy atom. The number of amides is 1. The van der Waals surface area contributed by atoms with Gasteiger partial charge in [0.15, 0.2) is 0 Å². The van der Waals surface area contributed by atoms with E-state index in [4.69, 9.17) is 0 Å². The van der Waals surface area contributed by atoms with E-state index in [1.54, 1.807) is 30.6 Å². The first-order valence-corrected chi connectivity index (χ1v) is 6.18. The van der Waals surface area contributed by atoms with Crippen LogP contribution in [0.3, 0.4) is 0 Å². The van der Waals surface area contributed by atoms with Crippen molar-refractivity contribution >= 4 is 33.6 Å². The molecule has 3 nitrogen and oxygen atoms in total.